The molecule has 1 N–H and O–H groups in total. The average molecular weight is 359 g/mol. The molecule has 0 aliphatic carbocycles. The second-order valence-corrected chi connectivity index (χ2v) is 7.34. The van der Waals surface area contributed by atoms with Gasteiger partial charge in [-0.2, -0.15) is 0 Å². The Morgan fingerprint density at radius 1 is 1.24 bits per heavy atom. The number of hydrogen-bond donors (Lipinski definition) is 1. The summed E-state index contributed by atoms with van der Waals surface area (Å²) in [5, 5.41) is 5.23. The topological polar surface area (TPSA) is 48.5 Å². The minimum absolute atomic E-state index is 0.0638. The van der Waals surface area contributed by atoms with Crippen LogP contribution in [0.4, 0.5) is 4.79 Å². The molecule has 1 fully saturated rings. The van der Waals surface area contributed by atoms with Gasteiger partial charge in [0.2, 0.25) is 0 Å². The molecule has 1 aliphatic rings. The number of aromatic nitrogens is 1. The summed E-state index contributed by atoms with van der Waals surface area (Å²) in [4.78, 5) is 21.0. The molecule has 6 heteroatoms. The number of hydrogen-bond acceptors (Lipinski definition) is 4. The molecular formula is C19H26N4OS. The van der Waals surface area contributed by atoms with Crippen LogP contribution in [-0.4, -0.2) is 53.0 Å². The summed E-state index contributed by atoms with van der Waals surface area (Å²) >= 11 is 1.63. The molecule has 2 amide bonds. The molecular weight excluding hydrogens is 332 g/mol. The lowest BCUT2D eigenvalue weighted by Crippen LogP contribution is -2.52. The highest BCUT2D eigenvalue weighted by Gasteiger charge is 2.22. The second-order valence-electron chi connectivity index (χ2n) is 6.62. The molecule has 5 nitrogen and oxygen atoms in total. The quantitative estimate of drug-likeness (QED) is 0.864. The van der Waals surface area contributed by atoms with Crippen LogP contribution in [0.2, 0.25) is 0 Å². The van der Waals surface area contributed by atoms with Gasteiger partial charge >= 0.3 is 6.03 Å². The fourth-order valence-corrected chi connectivity index (χ4v) is 3.61. The van der Waals surface area contributed by atoms with Crippen molar-refractivity contribution in [2.24, 2.45) is 0 Å². The monoisotopic (exact) mass is 358 g/mol. The Bertz CT molecular complexity index is 639. The minimum Gasteiger partial charge on any atom is -0.336 e. The lowest BCUT2D eigenvalue weighted by atomic mass is 10.1. The maximum absolute atomic E-state index is 12.4. The predicted octanol–water partition coefficient (Wildman–Crippen LogP) is 2.99. The van der Waals surface area contributed by atoms with Crippen LogP contribution in [0.25, 0.3) is 0 Å². The molecule has 2 aromatic rings. The molecule has 134 valence electrons. The van der Waals surface area contributed by atoms with Crippen LogP contribution in [0.15, 0.2) is 41.2 Å². The summed E-state index contributed by atoms with van der Waals surface area (Å²) in [7, 11) is 0. The zero-order chi connectivity index (χ0) is 17.5. The van der Waals surface area contributed by atoms with Crippen molar-refractivity contribution in [2.75, 3.05) is 26.2 Å². The van der Waals surface area contributed by atoms with E-state index in [0.717, 1.165) is 51.3 Å². The highest BCUT2D eigenvalue weighted by molar-refractivity contribution is 7.07. The number of thiazole rings is 1. The molecule has 25 heavy (non-hydrogen) atoms. The lowest BCUT2D eigenvalue weighted by Gasteiger charge is -2.35. The Hall–Kier alpha value is -1.92. The van der Waals surface area contributed by atoms with Crippen molar-refractivity contribution in [1.29, 1.82) is 0 Å². The molecule has 2 heterocycles. The molecule has 0 saturated carbocycles. The Labute approximate surface area is 153 Å². The number of urea groups is 1. The van der Waals surface area contributed by atoms with Gasteiger partial charge in [0.05, 0.1) is 11.2 Å². The van der Waals surface area contributed by atoms with Crippen molar-refractivity contribution in [2.45, 2.75) is 32.4 Å². The zero-order valence-electron chi connectivity index (χ0n) is 14.7. The van der Waals surface area contributed by atoms with Crippen molar-refractivity contribution in [1.82, 2.24) is 20.1 Å². The highest BCUT2D eigenvalue weighted by atomic mass is 32.1. The smallest absolute Gasteiger partial charge is 0.317 e. The van der Waals surface area contributed by atoms with E-state index in [1.807, 2.05) is 16.5 Å². The molecule has 1 saturated heterocycles. The van der Waals surface area contributed by atoms with Gasteiger partial charge in [-0.05, 0) is 25.3 Å². The Kier molecular flexibility index (Phi) is 6.42. The third kappa shape index (κ3) is 5.54. The molecule has 1 atom stereocenters. The van der Waals surface area contributed by atoms with Crippen molar-refractivity contribution in [3.63, 3.8) is 0 Å². The molecule has 1 aromatic heterocycles. The number of rotatable bonds is 6. The summed E-state index contributed by atoms with van der Waals surface area (Å²) < 4.78 is 0. The third-order valence-electron chi connectivity index (χ3n) is 4.61. The lowest BCUT2D eigenvalue weighted by molar-refractivity contribution is 0.133. The average Bonchev–Trinajstić information content (AvgIpc) is 3.14. The van der Waals surface area contributed by atoms with Crippen LogP contribution in [0.1, 0.15) is 24.6 Å². The standard InChI is InChI=1S/C19H26N4OS/c1-16(7-8-17-5-3-2-4-6-17)21-19(24)23-11-9-22(10-12-23)13-18-14-25-15-20-18/h2-6,14-16H,7-13H2,1H3,(H,21,24). The van der Waals surface area contributed by atoms with E-state index in [2.05, 4.69) is 51.8 Å². The first-order valence-corrected chi connectivity index (χ1v) is 9.84. The number of carbonyl (C=O) groups is 1. The van der Waals surface area contributed by atoms with Gasteiger partial charge in [-0.1, -0.05) is 30.3 Å². The molecule has 3 rings (SSSR count). The van der Waals surface area contributed by atoms with Crippen LogP contribution >= 0.6 is 11.3 Å². The Morgan fingerprint density at radius 2 is 2.00 bits per heavy atom. The number of carbonyl (C=O) groups excluding carboxylic acids is 1. The number of nitrogens with one attached hydrogen (secondary N) is 1. The van der Waals surface area contributed by atoms with Crippen molar-refractivity contribution in [3.05, 3.63) is 52.5 Å². The Balaban J connectivity index is 1.37. The van der Waals surface area contributed by atoms with E-state index in [9.17, 15) is 4.79 Å². The summed E-state index contributed by atoms with van der Waals surface area (Å²) in [5.74, 6) is 0. The number of amides is 2. The first-order valence-electron chi connectivity index (χ1n) is 8.89. The van der Waals surface area contributed by atoms with Gasteiger partial charge in [0.25, 0.3) is 0 Å². The van der Waals surface area contributed by atoms with E-state index in [0.29, 0.717) is 0 Å². The van der Waals surface area contributed by atoms with E-state index in [-0.39, 0.29) is 12.1 Å². The van der Waals surface area contributed by atoms with Gasteiger partial charge < -0.3 is 10.2 Å². The third-order valence-corrected chi connectivity index (χ3v) is 5.24. The first-order chi connectivity index (χ1) is 12.2. The maximum Gasteiger partial charge on any atom is 0.317 e. The number of benzene rings is 1. The molecule has 0 radical (unpaired) electrons. The van der Waals surface area contributed by atoms with Crippen molar-refractivity contribution >= 4 is 17.4 Å². The number of aryl methyl sites for hydroxylation is 1. The van der Waals surface area contributed by atoms with E-state index in [4.69, 9.17) is 0 Å². The van der Waals surface area contributed by atoms with E-state index < -0.39 is 0 Å². The largest absolute Gasteiger partial charge is 0.336 e. The number of piperazine rings is 1. The molecule has 0 bridgehead atoms. The van der Waals surface area contributed by atoms with Gasteiger partial charge in [0, 0.05) is 44.1 Å². The fraction of sp³-hybridized carbons (Fsp3) is 0.474. The van der Waals surface area contributed by atoms with Crippen molar-refractivity contribution in [3.8, 4) is 0 Å². The SMILES string of the molecule is CC(CCc1ccccc1)NC(=O)N1CCN(Cc2cscn2)CC1. The van der Waals surface area contributed by atoms with Gasteiger partial charge in [0.15, 0.2) is 0 Å². The van der Waals surface area contributed by atoms with Crippen molar-refractivity contribution < 1.29 is 4.79 Å². The fourth-order valence-electron chi connectivity index (χ4n) is 3.06. The number of nitrogens with zero attached hydrogens (tertiary/aromatic N) is 3. The van der Waals surface area contributed by atoms with E-state index >= 15 is 0 Å². The van der Waals surface area contributed by atoms with Crippen LogP contribution < -0.4 is 5.32 Å². The van der Waals surface area contributed by atoms with Crippen LogP contribution in [-0.2, 0) is 13.0 Å². The summed E-state index contributed by atoms with van der Waals surface area (Å²) in [6, 6.07) is 10.7. The van der Waals surface area contributed by atoms with Gasteiger partial charge in [-0.25, -0.2) is 9.78 Å². The Morgan fingerprint density at radius 3 is 2.68 bits per heavy atom. The summed E-state index contributed by atoms with van der Waals surface area (Å²) in [6.07, 6.45) is 1.95. The molecule has 1 aromatic carbocycles. The van der Waals surface area contributed by atoms with Crippen LogP contribution in [0, 0.1) is 0 Å². The van der Waals surface area contributed by atoms with Gasteiger partial charge in [-0.3, -0.25) is 4.90 Å². The van der Waals surface area contributed by atoms with E-state index in [1.54, 1.807) is 11.3 Å². The zero-order valence-corrected chi connectivity index (χ0v) is 15.5. The first kappa shape index (κ1) is 17.9. The predicted molar refractivity (Wildman–Crippen MR) is 102 cm³/mol. The van der Waals surface area contributed by atoms with Crippen LogP contribution in [0.3, 0.4) is 0 Å². The normalized spacial score (nSPS) is 16.6. The molecule has 1 aliphatic heterocycles. The second kappa shape index (κ2) is 8.97. The molecule has 1 unspecified atom stereocenters. The molecule has 0 spiro atoms. The van der Waals surface area contributed by atoms with Gasteiger partial charge in [0.1, 0.15) is 0 Å². The van der Waals surface area contributed by atoms with Crippen LogP contribution in [0.5, 0.6) is 0 Å². The summed E-state index contributed by atoms with van der Waals surface area (Å²) in [6.45, 7) is 6.33. The van der Waals surface area contributed by atoms with Gasteiger partial charge in [-0.15, -0.1) is 11.3 Å². The minimum atomic E-state index is 0.0638. The van der Waals surface area contributed by atoms with E-state index in [1.165, 1.54) is 5.56 Å². The maximum atomic E-state index is 12.4. The highest BCUT2D eigenvalue weighted by Crippen LogP contribution is 2.10. The summed E-state index contributed by atoms with van der Waals surface area (Å²) in [5.41, 5.74) is 4.31.